The van der Waals surface area contributed by atoms with Crippen molar-refractivity contribution in [1.29, 1.82) is 0 Å². The number of rotatable bonds is 6. The van der Waals surface area contributed by atoms with Crippen molar-refractivity contribution in [2.45, 2.75) is 39.3 Å². The Morgan fingerprint density at radius 2 is 1.83 bits per heavy atom. The predicted molar refractivity (Wildman–Crippen MR) is 107 cm³/mol. The zero-order chi connectivity index (χ0) is 21.8. The van der Waals surface area contributed by atoms with E-state index in [0.29, 0.717) is 21.5 Å². The molecule has 0 bridgehead atoms. The maximum Gasteiger partial charge on any atom is 0.343 e. The standard InChI is InChI=1S/C20H23ClN2O6/c1-20(2,3)29-16(25)9-15(24)22-10-12-7-13(21)6-11-8-14(19(26)28-5)18(27-4)23-17(11)12/h6-8H,9-10H2,1-5H3,(H,22,24). The molecule has 0 atom stereocenters. The topological polar surface area (TPSA) is 104 Å². The number of pyridine rings is 1. The molecule has 1 amide bonds. The van der Waals surface area contributed by atoms with Crippen molar-refractivity contribution in [2.75, 3.05) is 14.2 Å². The lowest BCUT2D eigenvalue weighted by Crippen LogP contribution is -2.30. The van der Waals surface area contributed by atoms with E-state index in [-0.39, 0.29) is 18.0 Å². The number of carbonyl (C=O) groups is 3. The van der Waals surface area contributed by atoms with Crippen LogP contribution >= 0.6 is 11.6 Å². The zero-order valence-electron chi connectivity index (χ0n) is 16.9. The number of nitrogens with one attached hydrogen (secondary N) is 1. The molecule has 9 heteroatoms. The van der Waals surface area contributed by atoms with E-state index in [9.17, 15) is 14.4 Å². The molecule has 0 saturated heterocycles. The Bertz CT molecular complexity index is 952. The number of nitrogens with zero attached hydrogens (tertiary/aromatic N) is 1. The maximum absolute atomic E-state index is 12.1. The number of benzene rings is 1. The third kappa shape index (κ3) is 6.05. The van der Waals surface area contributed by atoms with Gasteiger partial charge in [0.2, 0.25) is 11.8 Å². The van der Waals surface area contributed by atoms with Crippen LogP contribution in [0.1, 0.15) is 43.1 Å². The average molecular weight is 423 g/mol. The highest BCUT2D eigenvalue weighted by atomic mass is 35.5. The second-order valence-electron chi connectivity index (χ2n) is 7.21. The normalized spacial score (nSPS) is 11.1. The van der Waals surface area contributed by atoms with Gasteiger partial charge in [-0.3, -0.25) is 9.59 Å². The molecule has 156 valence electrons. The molecule has 0 aliphatic heterocycles. The van der Waals surface area contributed by atoms with Gasteiger partial charge in [0, 0.05) is 17.0 Å². The molecular weight excluding hydrogens is 400 g/mol. The third-order valence-electron chi connectivity index (χ3n) is 3.73. The highest BCUT2D eigenvalue weighted by Crippen LogP contribution is 2.28. The third-order valence-corrected chi connectivity index (χ3v) is 3.94. The molecule has 1 aromatic heterocycles. The number of methoxy groups -OCH3 is 2. The minimum absolute atomic E-state index is 0.0758. The molecule has 1 aromatic carbocycles. The van der Waals surface area contributed by atoms with E-state index in [1.165, 1.54) is 14.2 Å². The first-order valence-electron chi connectivity index (χ1n) is 8.78. The molecule has 1 heterocycles. The van der Waals surface area contributed by atoms with Crippen LogP contribution in [0.25, 0.3) is 10.9 Å². The van der Waals surface area contributed by atoms with Crippen LogP contribution in [0.4, 0.5) is 0 Å². The monoisotopic (exact) mass is 422 g/mol. The molecular formula is C20H23ClN2O6. The number of aromatic nitrogens is 1. The summed E-state index contributed by atoms with van der Waals surface area (Å²) in [5, 5.41) is 3.63. The van der Waals surface area contributed by atoms with Crippen molar-refractivity contribution in [3.05, 3.63) is 34.3 Å². The summed E-state index contributed by atoms with van der Waals surface area (Å²) < 4.78 is 15.1. The van der Waals surface area contributed by atoms with E-state index in [1.807, 2.05) is 0 Å². The van der Waals surface area contributed by atoms with E-state index in [0.717, 1.165) is 0 Å². The van der Waals surface area contributed by atoms with Crippen molar-refractivity contribution < 1.29 is 28.6 Å². The Hall–Kier alpha value is -2.87. The lowest BCUT2D eigenvalue weighted by atomic mass is 10.1. The molecule has 2 aromatic rings. The predicted octanol–water partition coefficient (Wildman–Crippen LogP) is 3.03. The second-order valence-corrected chi connectivity index (χ2v) is 7.65. The van der Waals surface area contributed by atoms with Crippen molar-refractivity contribution in [2.24, 2.45) is 0 Å². The average Bonchev–Trinajstić information content (AvgIpc) is 2.62. The molecule has 0 aliphatic carbocycles. The van der Waals surface area contributed by atoms with Crippen LogP contribution in [0.3, 0.4) is 0 Å². The number of hydrogen-bond acceptors (Lipinski definition) is 7. The van der Waals surface area contributed by atoms with E-state index >= 15 is 0 Å². The van der Waals surface area contributed by atoms with Crippen molar-refractivity contribution >= 4 is 40.3 Å². The van der Waals surface area contributed by atoms with Crippen molar-refractivity contribution in [3.8, 4) is 5.88 Å². The van der Waals surface area contributed by atoms with E-state index < -0.39 is 29.9 Å². The van der Waals surface area contributed by atoms with Crippen LogP contribution in [-0.4, -0.2) is 42.7 Å². The Balaban J connectivity index is 2.25. The summed E-state index contributed by atoms with van der Waals surface area (Å²) in [6.07, 6.45) is -0.404. The smallest absolute Gasteiger partial charge is 0.343 e. The van der Waals surface area contributed by atoms with Crippen LogP contribution in [0.5, 0.6) is 5.88 Å². The first-order chi connectivity index (χ1) is 13.5. The summed E-state index contributed by atoms with van der Waals surface area (Å²) in [6.45, 7) is 5.25. The Morgan fingerprint density at radius 1 is 1.14 bits per heavy atom. The van der Waals surface area contributed by atoms with E-state index in [4.69, 9.17) is 25.8 Å². The van der Waals surface area contributed by atoms with Crippen LogP contribution in [0.2, 0.25) is 5.02 Å². The first kappa shape index (κ1) is 22.4. The van der Waals surface area contributed by atoms with Gasteiger partial charge in [0.25, 0.3) is 0 Å². The number of amides is 1. The van der Waals surface area contributed by atoms with Gasteiger partial charge in [-0.15, -0.1) is 0 Å². The summed E-state index contributed by atoms with van der Waals surface area (Å²) in [5.74, 6) is -1.62. The largest absolute Gasteiger partial charge is 0.480 e. The Labute approximate surface area is 173 Å². The maximum atomic E-state index is 12.1. The number of ether oxygens (including phenoxy) is 3. The van der Waals surface area contributed by atoms with Gasteiger partial charge < -0.3 is 19.5 Å². The van der Waals surface area contributed by atoms with Gasteiger partial charge >= 0.3 is 11.9 Å². The second kappa shape index (κ2) is 9.09. The number of hydrogen-bond donors (Lipinski definition) is 1. The summed E-state index contributed by atoms with van der Waals surface area (Å²) in [4.78, 5) is 40.2. The summed E-state index contributed by atoms with van der Waals surface area (Å²) in [7, 11) is 2.65. The van der Waals surface area contributed by atoms with Crippen molar-refractivity contribution in [3.63, 3.8) is 0 Å². The fourth-order valence-electron chi connectivity index (χ4n) is 2.62. The minimum Gasteiger partial charge on any atom is -0.480 e. The fourth-order valence-corrected chi connectivity index (χ4v) is 2.86. The number of halogens is 1. The Morgan fingerprint density at radius 3 is 2.41 bits per heavy atom. The van der Waals surface area contributed by atoms with Gasteiger partial charge in [-0.2, -0.15) is 0 Å². The van der Waals surface area contributed by atoms with E-state index in [1.54, 1.807) is 39.0 Å². The molecule has 0 radical (unpaired) electrons. The molecule has 0 unspecified atom stereocenters. The minimum atomic E-state index is -0.668. The lowest BCUT2D eigenvalue weighted by molar-refractivity contribution is -0.156. The molecule has 1 N–H and O–H groups in total. The molecule has 0 saturated carbocycles. The molecule has 2 rings (SSSR count). The SMILES string of the molecule is COC(=O)c1cc2cc(Cl)cc(CNC(=O)CC(=O)OC(C)(C)C)c2nc1OC. The van der Waals surface area contributed by atoms with Gasteiger partial charge in [0.1, 0.15) is 17.6 Å². The summed E-state index contributed by atoms with van der Waals surface area (Å²) in [6, 6.07) is 4.84. The van der Waals surface area contributed by atoms with Crippen LogP contribution in [0, 0.1) is 0 Å². The fraction of sp³-hybridized carbons (Fsp3) is 0.400. The highest BCUT2D eigenvalue weighted by Gasteiger charge is 2.20. The molecule has 8 nitrogen and oxygen atoms in total. The van der Waals surface area contributed by atoms with Gasteiger partial charge in [-0.05, 0) is 44.5 Å². The molecule has 0 aliphatic rings. The van der Waals surface area contributed by atoms with Gasteiger partial charge in [-0.1, -0.05) is 11.6 Å². The zero-order valence-corrected chi connectivity index (χ0v) is 17.7. The van der Waals surface area contributed by atoms with Crippen LogP contribution in [-0.2, 0) is 25.6 Å². The molecule has 29 heavy (non-hydrogen) atoms. The van der Waals surface area contributed by atoms with Crippen molar-refractivity contribution in [1.82, 2.24) is 10.3 Å². The lowest BCUT2D eigenvalue weighted by Gasteiger charge is -2.19. The van der Waals surface area contributed by atoms with Crippen LogP contribution < -0.4 is 10.1 Å². The Kier molecular flexibility index (Phi) is 7.02. The first-order valence-corrected chi connectivity index (χ1v) is 9.16. The van der Waals surface area contributed by atoms with Crippen LogP contribution in [0.15, 0.2) is 18.2 Å². The number of fused-ring (bicyclic) bond motifs is 1. The highest BCUT2D eigenvalue weighted by molar-refractivity contribution is 6.31. The van der Waals surface area contributed by atoms with E-state index in [2.05, 4.69) is 10.3 Å². The van der Waals surface area contributed by atoms with Gasteiger partial charge in [0.15, 0.2) is 0 Å². The summed E-state index contributed by atoms with van der Waals surface area (Å²) in [5.41, 5.74) is 0.583. The summed E-state index contributed by atoms with van der Waals surface area (Å²) >= 11 is 6.17. The quantitative estimate of drug-likeness (QED) is 0.563. The van der Waals surface area contributed by atoms with Gasteiger partial charge in [-0.25, -0.2) is 9.78 Å². The van der Waals surface area contributed by atoms with Gasteiger partial charge in [0.05, 0.1) is 19.7 Å². The number of esters is 2. The number of carbonyl (C=O) groups excluding carboxylic acids is 3. The molecule has 0 spiro atoms. The molecule has 0 fully saturated rings.